The van der Waals surface area contributed by atoms with Crippen molar-refractivity contribution in [2.75, 3.05) is 0 Å². The molecule has 0 aliphatic rings. The van der Waals surface area contributed by atoms with Crippen molar-refractivity contribution in [3.05, 3.63) is 17.0 Å². The first-order chi connectivity index (χ1) is 4.29. The van der Waals surface area contributed by atoms with Crippen molar-refractivity contribution in [1.82, 2.24) is 0 Å². The molecule has 0 aliphatic heterocycles. The standard InChI is InChI=1S/C5H5S2.C2H6.Cm/c1-4-2-3-5(6)7-4;1-2;/h3,6H,1H3;1-2H3;/q-1;;. The van der Waals surface area contributed by atoms with Crippen LogP contribution in [0.2, 0.25) is 0 Å². The molecule has 0 spiro atoms. The zero-order valence-corrected chi connectivity index (χ0v) is 10.9. The topological polar surface area (TPSA) is 0 Å². The molecule has 0 aliphatic carbocycles. The molecule has 1 aromatic heterocycles. The molecule has 10 heavy (non-hydrogen) atoms. The average molecular weight is 406 g/mol. The second kappa shape index (κ2) is 6.17. The van der Waals surface area contributed by atoms with E-state index in [-0.39, 0.29) is 0 Å². The summed E-state index contributed by atoms with van der Waals surface area (Å²) >= 11 is 5.74. The van der Waals surface area contributed by atoms with E-state index >= 15 is 0 Å². The van der Waals surface area contributed by atoms with Crippen molar-refractivity contribution >= 4 is 24.0 Å². The van der Waals surface area contributed by atoms with E-state index < -0.39 is 0 Å². The molecule has 0 saturated carbocycles. The molecule has 1 aromatic rings. The van der Waals surface area contributed by atoms with Gasteiger partial charge in [0.05, 0.1) is 0 Å². The molecule has 0 aromatic carbocycles. The minimum Gasteiger partial charge on any atom is -0.256 e. The van der Waals surface area contributed by atoms with Crippen LogP contribution in [0.15, 0.2) is 10.3 Å². The number of rotatable bonds is 0. The van der Waals surface area contributed by atoms with Crippen LogP contribution in [0.25, 0.3) is 0 Å². The minimum atomic E-state index is 0. The van der Waals surface area contributed by atoms with E-state index in [1.165, 1.54) is 4.88 Å². The molecule has 0 N–H and O–H groups in total. The van der Waals surface area contributed by atoms with Gasteiger partial charge in [0.25, 0.3) is 0 Å². The normalized spacial score (nSPS) is 7.20. The molecule has 0 atom stereocenters. The van der Waals surface area contributed by atoms with E-state index in [0.29, 0.717) is 0 Å². The average Bonchev–Trinajstić information content (AvgIpc) is 2.20. The molecule has 60 valence electrons. The minimum absolute atomic E-state index is 0. The summed E-state index contributed by atoms with van der Waals surface area (Å²) in [4.78, 5) is 1.20. The van der Waals surface area contributed by atoms with Crippen LogP contribution in [0, 0.1) is 13.0 Å². The van der Waals surface area contributed by atoms with Gasteiger partial charge >= 0.3 is 0 Å². The quantitative estimate of drug-likeness (QED) is 0.497. The SMILES string of the molecule is CC.Cc1[c-]cc(S)s1.[Cm]. The summed E-state index contributed by atoms with van der Waals surface area (Å²) in [6.07, 6.45) is 0. The maximum absolute atomic E-state index is 4.09. The Balaban J connectivity index is 0. The van der Waals surface area contributed by atoms with Crippen molar-refractivity contribution in [1.29, 1.82) is 0 Å². The third-order valence-corrected chi connectivity index (χ3v) is 1.81. The smallest absolute Gasteiger partial charge is 0 e. The van der Waals surface area contributed by atoms with Crippen LogP contribution < -0.4 is 0 Å². The van der Waals surface area contributed by atoms with E-state index in [9.17, 15) is 0 Å². The fourth-order valence-corrected chi connectivity index (χ4v) is 1.40. The van der Waals surface area contributed by atoms with Crippen molar-refractivity contribution < 1.29 is 0 Å². The fraction of sp³-hybridized carbons (Fsp3) is 0.429. The number of hydrogen-bond acceptors (Lipinski definition) is 2. The summed E-state index contributed by atoms with van der Waals surface area (Å²) in [6.45, 7) is 6.02. The van der Waals surface area contributed by atoms with Crippen LogP contribution in [0.3, 0.4) is 0 Å². The summed E-state index contributed by atoms with van der Waals surface area (Å²) in [7, 11) is 0. The van der Waals surface area contributed by atoms with Gasteiger partial charge in [0, 0.05) is 0 Å². The second-order valence-corrected chi connectivity index (χ2v) is 3.33. The molecule has 0 bridgehead atoms. The first-order valence-corrected chi connectivity index (χ1v) is 4.22. The Bertz CT molecular complexity index is 144. The van der Waals surface area contributed by atoms with Crippen LogP contribution in [-0.2, 0) is 0 Å². The van der Waals surface area contributed by atoms with Crippen molar-refractivity contribution in [3.8, 4) is 0 Å². The van der Waals surface area contributed by atoms with Crippen molar-refractivity contribution in [2.24, 2.45) is 0 Å². The summed E-state index contributed by atoms with van der Waals surface area (Å²) in [5, 5.41) is 0. The van der Waals surface area contributed by atoms with Crippen molar-refractivity contribution in [3.63, 3.8) is 0 Å². The van der Waals surface area contributed by atoms with E-state index in [4.69, 9.17) is 0 Å². The third kappa shape index (κ3) is 3.98. The summed E-state index contributed by atoms with van der Waals surface area (Å²) in [5.41, 5.74) is 0. The van der Waals surface area contributed by atoms with Gasteiger partial charge in [-0.05, 0) is 6.92 Å². The zero-order chi connectivity index (χ0) is 7.28. The second-order valence-electron chi connectivity index (χ2n) is 1.29. The van der Waals surface area contributed by atoms with Crippen LogP contribution in [0.1, 0.15) is 18.7 Å². The van der Waals surface area contributed by atoms with Gasteiger partial charge < -0.3 is 0 Å². The Labute approximate surface area is 66.3 Å². The third-order valence-electron chi connectivity index (χ3n) is 0.657. The Morgan fingerprint density at radius 3 is 2.10 bits per heavy atom. The van der Waals surface area contributed by atoms with Gasteiger partial charge in [0.15, 0.2) is 0 Å². The maximum Gasteiger partial charge on any atom is 0 e. The maximum atomic E-state index is 4.09. The monoisotopic (exact) mass is 402 g/mol. The zero-order valence-electron chi connectivity index (χ0n) is 6.29. The Morgan fingerprint density at radius 1 is 1.50 bits per heavy atom. The summed E-state index contributed by atoms with van der Waals surface area (Å²) in [6, 6.07) is 4.89. The first-order valence-electron chi connectivity index (χ1n) is 2.96. The molecule has 3 heteroatoms. The van der Waals surface area contributed by atoms with Gasteiger partial charge in [-0.2, -0.15) is 0 Å². The van der Waals surface area contributed by atoms with E-state index in [1.54, 1.807) is 11.3 Å². The van der Waals surface area contributed by atoms with Gasteiger partial charge in [0.1, 0.15) is 0 Å². The molecule has 1 rings (SSSR count). The van der Waals surface area contributed by atoms with E-state index in [2.05, 4.69) is 18.7 Å². The molecule has 0 saturated heterocycles. The molecule has 0 nitrogen and oxygen atoms in total. The van der Waals surface area contributed by atoms with Gasteiger partial charge in [-0.3, -0.25) is 11.3 Å². The summed E-state index contributed by atoms with van der Waals surface area (Å²) in [5.74, 6) is 0. The molecule has 0 radical (unpaired) electrons. The van der Waals surface area contributed by atoms with Crippen LogP contribution >= 0.6 is 24.0 Å². The predicted molar refractivity (Wildman–Crippen MR) is 46.5 cm³/mol. The summed E-state index contributed by atoms with van der Waals surface area (Å²) < 4.78 is 1.04. The van der Waals surface area contributed by atoms with Gasteiger partial charge in [-0.25, -0.2) is 24.8 Å². The van der Waals surface area contributed by atoms with Gasteiger partial charge in [0.2, 0.25) is 0 Å². The molecule has 1 heterocycles. The number of hydrogen-bond donors (Lipinski definition) is 1. The molecular formula is C7H11CmS2-. The number of aryl methyl sites for hydroxylation is 1. The van der Waals surface area contributed by atoms with Crippen LogP contribution in [-0.4, -0.2) is 0 Å². The Morgan fingerprint density at radius 2 is 2.00 bits per heavy atom. The van der Waals surface area contributed by atoms with Gasteiger partial charge in [-0.15, -0.1) is 4.88 Å². The largest absolute Gasteiger partial charge is 0.256 e. The number of thiol groups is 1. The molecular weight excluding hydrogens is 395 g/mol. The van der Waals surface area contributed by atoms with Gasteiger partial charge in [-0.1, -0.05) is 18.1 Å². The van der Waals surface area contributed by atoms with E-state index in [0.717, 1.165) is 4.21 Å². The molecule has 0 unspecified atom stereocenters. The molecule has 0 amide bonds. The number of thiophene rings is 1. The molecule has 0 fully saturated rings. The Kier molecular flexibility index (Phi) is 7.29. The van der Waals surface area contributed by atoms with Crippen LogP contribution in [0.4, 0.5) is 0 Å². The Hall–Kier alpha value is -0.950. The van der Waals surface area contributed by atoms with Crippen LogP contribution in [0.5, 0.6) is 0 Å². The first kappa shape index (κ1) is 11.8. The predicted octanol–water partition coefficient (Wildman–Crippen LogP) is 3.17. The van der Waals surface area contributed by atoms with E-state index in [1.807, 2.05) is 26.8 Å². The van der Waals surface area contributed by atoms with Crippen molar-refractivity contribution in [2.45, 2.75) is 25.0 Å². The fourth-order valence-electron chi connectivity index (χ4n) is 0.379.